The van der Waals surface area contributed by atoms with Crippen molar-refractivity contribution in [1.29, 1.82) is 0 Å². The lowest BCUT2D eigenvalue weighted by molar-refractivity contribution is -0.153. The van der Waals surface area contributed by atoms with E-state index in [1.807, 2.05) is 0 Å². The molecular weight excluding hydrogens is 352 g/mol. The lowest BCUT2D eigenvalue weighted by Crippen LogP contribution is -2.30. The second-order valence-electron chi connectivity index (χ2n) is 3.27. The van der Waals surface area contributed by atoms with Crippen LogP contribution in [0.5, 0.6) is 0 Å². The average molecular weight is 364 g/mol. The van der Waals surface area contributed by atoms with Gasteiger partial charge in [0.15, 0.2) is 5.83 Å². The van der Waals surface area contributed by atoms with E-state index in [0.29, 0.717) is 6.92 Å². The summed E-state index contributed by atoms with van der Waals surface area (Å²) < 4.78 is 120. The van der Waals surface area contributed by atoms with Gasteiger partial charge in [-0.3, -0.25) is 4.70 Å². The fourth-order valence-electron chi connectivity index (χ4n) is 0.0690. The van der Waals surface area contributed by atoms with Crippen molar-refractivity contribution in [3.63, 3.8) is 0 Å². The van der Waals surface area contributed by atoms with Crippen LogP contribution in [-0.4, -0.2) is 36.4 Å². The third-order valence-corrected chi connectivity index (χ3v) is 1.17. The van der Waals surface area contributed by atoms with Gasteiger partial charge in [0, 0.05) is 6.92 Å². The molecule has 13 heteroatoms. The number of alkyl halides is 8. The molecule has 0 radical (unpaired) electrons. The molecule has 0 aromatic heterocycles. The third kappa shape index (κ3) is 18.9. The van der Waals surface area contributed by atoms with Crippen LogP contribution in [0.15, 0.2) is 11.9 Å². The van der Waals surface area contributed by atoms with E-state index < -0.39 is 43.2 Å². The molecule has 22 heavy (non-hydrogen) atoms. The summed E-state index contributed by atoms with van der Waals surface area (Å²) >= 11 is 0. The number of aliphatic hydroxyl groups is 1. The molecule has 138 valence electrons. The molecule has 0 aromatic carbocycles. The standard InChI is InChI=1S/C3H4F4O.C3H4F4.C3H3F3.FH/c4-2(5)3(6,7)1-8;1-3(6,7)2(4)5;1-2(4)3(5)6;/h2,8H,1H2;2H,1H3;1H3;1H. The fraction of sp³-hybridized carbons (Fsp3) is 0.778. The van der Waals surface area contributed by atoms with E-state index in [1.54, 1.807) is 0 Å². The minimum absolute atomic E-state index is 0. The van der Waals surface area contributed by atoms with Crippen molar-refractivity contribution in [2.45, 2.75) is 38.5 Å². The predicted molar refractivity (Wildman–Crippen MR) is 53.2 cm³/mol. The van der Waals surface area contributed by atoms with Gasteiger partial charge in [-0.15, -0.1) is 0 Å². The first-order chi connectivity index (χ1) is 9.09. The molecule has 0 fully saturated rings. The van der Waals surface area contributed by atoms with Gasteiger partial charge in [0.05, 0.1) is 0 Å². The van der Waals surface area contributed by atoms with Gasteiger partial charge in [-0.2, -0.15) is 17.6 Å². The SMILES string of the molecule is CC(F)(F)C(F)F.CC(F)=C(F)F.F.OCC(F)(F)C(F)F. The van der Waals surface area contributed by atoms with Gasteiger partial charge >= 0.3 is 30.8 Å². The Morgan fingerprint density at radius 2 is 1.14 bits per heavy atom. The van der Waals surface area contributed by atoms with E-state index in [1.165, 1.54) is 0 Å². The molecule has 0 amide bonds. The molecular formula is C9H12F12O. The maximum atomic E-state index is 11.3. The normalized spacial score (nSPS) is 10.9. The zero-order valence-corrected chi connectivity index (χ0v) is 10.9. The average Bonchev–Trinajstić information content (AvgIpc) is 2.28. The molecule has 1 nitrogen and oxygen atoms in total. The van der Waals surface area contributed by atoms with Crippen molar-refractivity contribution in [3.05, 3.63) is 11.9 Å². The summed E-state index contributed by atoms with van der Waals surface area (Å²) in [5.41, 5.74) is 0. The van der Waals surface area contributed by atoms with Gasteiger partial charge in [0.25, 0.3) is 0 Å². The molecule has 0 saturated heterocycles. The Balaban J connectivity index is -0.000000109. The van der Waals surface area contributed by atoms with Crippen LogP contribution in [0.1, 0.15) is 13.8 Å². The number of allylic oxidation sites excluding steroid dienone is 1. The minimum atomic E-state index is -4.24. The Morgan fingerprint density at radius 1 is 0.909 bits per heavy atom. The van der Waals surface area contributed by atoms with Gasteiger partial charge in [0.1, 0.15) is 6.61 Å². The number of halogens is 12. The first kappa shape index (κ1) is 28.9. The highest BCUT2D eigenvalue weighted by molar-refractivity contribution is 4.84. The molecule has 0 aromatic rings. The lowest BCUT2D eigenvalue weighted by atomic mass is 10.4. The summed E-state index contributed by atoms with van der Waals surface area (Å²) in [6.45, 7) is -0.919. The maximum Gasteiger partial charge on any atom is 0.329 e. The molecule has 1 N–H and O–H groups in total. The van der Waals surface area contributed by atoms with Crippen LogP contribution in [0.25, 0.3) is 0 Å². The summed E-state index contributed by atoms with van der Waals surface area (Å²) in [6.07, 6.45) is -9.55. The van der Waals surface area contributed by atoms with Crippen molar-refractivity contribution in [1.82, 2.24) is 0 Å². The smallest absolute Gasteiger partial charge is 0.329 e. The Hall–Kier alpha value is -1.14. The molecule has 0 spiro atoms. The molecule has 0 heterocycles. The monoisotopic (exact) mass is 364 g/mol. The van der Waals surface area contributed by atoms with Crippen LogP contribution in [0.2, 0.25) is 0 Å². The number of rotatable bonds is 3. The molecule has 0 atom stereocenters. The van der Waals surface area contributed by atoms with Crippen LogP contribution < -0.4 is 0 Å². The van der Waals surface area contributed by atoms with Crippen molar-refractivity contribution >= 4 is 0 Å². The zero-order chi connectivity index (χ0) is 18.0. The second-order valence-corrected chi connectivity index (χ2v) is 3.27. The van der Waals surface area contributed by atoms with Gasteiger partial charge < -0.3 is 5.11 Å². The molecule has 0 bridgehead atoms. The van der Waals surface area contributed by atoms with Gasteiger partial charge in [0.2, 0.25) is 0 Å². The Labute approximate surface area is 116 Å². The molecule has 0 aliphatic carbocycles. The number of hydrogen-bond donors (Lipinski definition) is 1. The summed E-state index contributed by atoms with van der Waals surface area (Å²) in [5.74, 6) is -9.48. The van der Waals surface area contributed by atoms with E-state index in [4.69, 9.17) is 5.11 Å². The number of hydrogen-bond acceptors (Lipinski definition) is 1. The highest BCUT2D eigenvalue weighted by Crippen LogP contribution is 2.21. The van der Waals surface area contributed by atoms with E-state index in [2.05, 4.69) is 0 Å². The Kier molecular flexibility index (Phi) is 16.3. The van der Waals surface area contributed by atoms with Crippen LogP contribution in [0.4, 0.5) is 53.0 Å². The first-order valence-electron chi connectivity index (χ1n) is 4.69. The van der Waals surface area contributed by atoms with Gasteiger partial charge in [-0.1, -0.05) is 0 Å². The molecule has 0 aliphatic rings. The second kappa shape index (κ2) is 12.4. The summed E-state index contributed by atoms with van der Waals surface area (Å²) in [7, 11) is 0. The zero-order valence-electron chi connectivity index (χ0n) is 10.9. The van der Waals surface area contributed by atoms with E-state index in [-0.39, 0.29) is 11.6 Å². The van der Waals surface area contributed by atoms with Crippen LogP contribution in [0.3, 0.4) is 0 Å². The molecule has 0 unspecified atom stereocenters. The van der Waals surface area contributed by atoms with E-state index in [0.717, 1.165) is 0 Å². The van der Waals surface area contributed by atoms with Gasteiger partial charge in [-0.25, -0.2) is 30.7 Å². The minimum Gasteiger partial charge on any atom is -0.390 e. The van der Waals surface area contributed by atoms with Crippen molar-refractivity contribution < 1.29 is 58.1 Å². The fourth-order valence-corrected chi connectivity index (χ4v) is 0.0690. The topological polar surface area (TPSA) is 20.2 Å². The van der Waals surface area contributed by atoms with Gasteiger partial charge in [-0.05, 0) is 6.92 Å². The van der Waals surface area contributed by atoms with Crippen molar-refractivity contribution in [2.24, 2.45) is 0 Å². The van der Waals surface area contributed by atoms with E-state index in [9.17, 15) is 48.3 Å². The summed E-state index contributed by atoms with van der Waals surface area (Å²) in [4.78, 5) is 0. The quantitative estimate of drug-likeness (QED) is 0.697. The van der Waals surface area contributed by atoms with Crippen molar-refractivity contribution in [3.8, 4) is 0 Å². The third-order valence-electron chi connectivity index (χ3n) is 1.17. The Bertz CT molecular complexity index is 277. The maximum absolute atomic E-state index is 11.3. The molecule has 0 saturated carbocycles. The highest BCUT2D eigenvalue weighted by Gasteiger charge is 2.39. The number of aliphatic hydroxyl groups excluding tert-OH is 1. The molecule has 0 rings (SSSR count). The van der Waals surface area contributed by atoms with E-state index >= 15 is 0 Å². The highest BCUT2D eigenvalue weighted by atomic mass is 19.3. The largest absolute Gasteiger partial charge is 0.390 e. The predicted octanol–water partition coefficient (Wildman–Crippen LogP) is 5.02. The van der Waals surface area contributed by atoms with Crippen LogP contribution in [-0.2, 0) is 0 Å². The molecule has 0 aliphatic heterocycles. The lowest BCUT2D eigenvalue weighted by Gasteiger charge is -2.09. The first-order valence-corrected chi connectivity index (χ1v) is 4.69. The Morgan fingerprint density at radius 3 is 1.14 bits per heavy atom. The van der Waals surface area contributed by atoms with Crippen LogP contribution >= 0.6 is 0 Å². The summed E-state index contributed by atoms with van der Waals surface area (Å²) in [5, 5.41) is 7.53. The van der Waals surface area contributed by atoms with Crippen molar-refractivity contribution in [2.75, 3.05) is 6.61 Å². The van der Waals surface area contributed by atoms with Crippen LogP contribution in [0, 0.1) is 0 Å². The summed E-state index contributed by atoms with van der Waals surface area (Å²) in [6, 6.07) is 0.